The molecular formula is C12H16N6OS. The van der Waals surface area contributed by atoms with Gasteiger partial charge in [-0.2, -0.15) is 0 Å². The minimum Gasteiger partial charge on any atom is -0.368 e. The van der Waals surface area contributed by atoms with Gasteiger partial charge in [-0.25, -0.2) is 15.0 Å². The number of rotatable bonds is 4. The van der Waals surface area contributed by atoms with Crippen LogP contribution < -0.4 is 11.1 Å². The summed E-state index contributed by atoms with van der Waals surface area (Å²) in [5.74, 6) is -0.280. The van der Waals surface area contributed by atoms with E-state index in [0.717, 1.165) is 23.4 Å². The van der Waals surface area contributed by atoms with E-state index >= 15 is 0 Å². The van der Waals surface area contributed by atoms with Crippen molar-refractivity contribution in [2.75, 3.05) is 7.05 Å². The summed E-state index contributed by atoms with van der Waals surface area (Å²) in [5, 5.41) is 4.26. The van der Waals surface area contributed by atoms with Gasteiger partial charge in [-0.1, -0.05) is 0 Å². The summed E-state index contributed by atoms with van der Waals surface area (Å²) in [6, 6.07) is 0. The van der Waals surface area contributed by atoms with Gasteiger partial charge in [0.15, 0.2) is 5.65 Å². The Bertz CT molecular complexity index is 644. The number of thioether (sulfide) groups is 1. The SMILES string of the molecule is CNC1(C(N)=O)CCC(Sc2ncnc3nc[nH]c23)C1. The van der Waals surface area contributed by atoms with Crippen LogP contribution >= 0.6 is 11.8 Å². The highest BCUT2D eigenvalue weighted by Crippen LogP contribution is 2.40. The van der Waals surface area contributed by atoms with Gasteiger partial charge < -0.3 is 16.0 Å². The first-order chi connectivity index (χ1) is 9.64. The average Bonchev–Trinajstić information content (AvgIpc) is 3.06. The molecule has 1 amide bonds. The molecule has 7 nitrogen and oxygen atoms in total. The number of aromatic amines is 1. The Kier molecular flexibility index (Phi) is 3.35. The zero-order valence-corrected chi connectivity index (χ0v) is 11.9. The van der Waals surface area contributed by atoms with Crippen molar-refractivity contribution in [3.63, 3.8) is 0 Å². The Hall–Kier alpha value is -1.67. The molecule has 0 aromatic carbocycles. The number of H-pyrrole nitrogens is 1. The highest BCUT2D eigenvalue weighted by atomic mass is 32.2. The number of nitrogens with zero attached hydrogens (tertiary/aromatic N) is 3. The molecule has 106 valence electrons. The van der Waals surface area contributed by atoms with Crippen LogP contribution in [0.15, 0.2) is 17.7 Å². The van der Waals surface area contributed by atoms with E-state index in [-0.39, 0.29) is 5.91 Å². The number of carbonyl (C=O) groups excluding carboxylic acids is 1. The first kappa shape index (κ1) is 13.3. The summed E-state index contributed by atoms with van der Waals surface area (Å²) in [7, 11) is 1.79. The Morgan fingerprint density at radius 3 is 3.10 bits per heavy atom. The fourth-order valence-electron chi connectivity index (χ4n) is 2.66. The first-order valence-electron chi connectivity index (χ1n) is 6.44. The Morgan fingerprint density at radius 2 is 2.40 bits per heavy atom. The summed E-state index contributed by atoms with van der Waals surface area (Å²) in [6.45, 7) is 0. The number of aromatic nitrogens is 4. The molecule has 2 heterocycles. The van der Waals surface area contributed by atoms with Crippen molar-refractivity contribution in [1.82, 2.24) is 25.3 Å². The molecule has 2 unspecified atom stereocenters. The lowest BCUT2D eigenvalue weighted by molar-refractivity contribution is -0.124. The maximum atomic E-state index is 11.6. The molecule has 0 aliphatic heterocycles. The lowest BCUT2D eigenvalue weighted by Gasteiger charge is -2.24. The van der Waals surface area contributed by atoms with E-state index in [1.165, 1.54) is 6.33 Å². The number of likely N-dealkylation sites (N-methyl/N-ethyl adjacent to an activating group) is 1. The standard InChI is InChI=1S/C12H16N6OS/c1-14-12(11(13)19)3-2-7(4-12)20-10-8-9(16-5-15-8)17-6-18-10/h5-7,14H,2-4H2,1H3,(H2,13,19)(H,15,16,17,18). The average molecular weight is 292 g/mol. The Morgan fingerprint density at radius 1 is 1.55 bits per heavy atom. The predicted octanol–water partition coefficient (Wildman–Crippen LogP) is 0.441. The maximum absolute atomic E-state index is 11.6. The molecule has 8 heteroatoms. The second-order valence-electron chi connectivity index (χ2n) is 4.96. The number of primary amides is 1. The molecule has 1 fully saturated rings. The van der Waals surface area contributed by atoms with Crippen molar-refractivity contribution in [1.29, 1.82) is 0 Å². The fraction of sp³-hybridized carbons (Fsp3) is 0.500. The van der Waals surface area contributed by atoms with Gasteiger partial charge >= 0.3 is 0 Å². The van der Waals surface area contributed by atoms with Crippen LogP contribution in [0.2, 0.25) is 0 Å². The van der Waals surface area contributed by atoms with Crippen molar-refractivity contribution in [2.24, 2.45) is 5.73 Å². The fourth-order valence-corrected chi connectivity index (χ4v) is 3.96. The summed E-state index contributed by atoms with van der Waals surface area (Å²) in [6.07, 6.45) is 5.52. The minimum atomic E-state index is -0.586. The smallest absolute Gasteiger partial charge is 0.237 e. The molecular weight excluding hydrogens is 276 g/mol. The molecule has 0 saturated heterocycles. The van der Waals surface area contributed by atoms with Gasteiger partial charge in [0, 0.05) is 5.25 Å². The molecule has 2 aromatic heterocycles. The topological polar surface area (TPSA) is 110 Å². The third kappa shape index (κ3) is 2.14. The van der Waals surface area contributed by atoms with Crippen LogP contribution in [0.3, 0.4) is 0 Å². The molecule has 20 heavy (non-hydrogen) atoms. The molecule has 1 saturated carbocycles. The van der Waals surface area contributed by atoms with Gasteiger partial charge in [-0.15, -0.1) is 11.8 Å². The molecule has 0 radical (unpaired) electrons. The normalized spacial score (nSPS) is 26.1. The third-order valence-corrected chi connectivity index (χ3v) is 5.15. The van der Waals surface area contributed by atoms with Crippen LogP contribution in [0, 0.1) is 0 Å². The van der Waals surface area contributed by atoms with Crippen LogP contribution in [0.25, 0.3) is 11.2 Å². The van der Waals surface area contributed by atoms with E-state index in [0.29, 0.717) is 17.3 Å². The molecule has 2 aromatic rings. The number of fused-ring (bicyclic) bond motifs is 1. The number of nitrogens with one attached hydrogen (secondary N) is 2. The predicted molar refractivity (Wildman–Crippen MR) is 76.2 cm³/mol. The van der Waals surface area contributed by atoms with Gasteiger partial charge in [-0.3, -0.25) is 4.79 Å². The van der Waals surface area contributed by atoms with Gasteiger partial charge in [0.25, 0.3) is 0 Å². The van der Waals surface area contributed by atoms with Crippen molar-refractivity contribution in [2.45, 2.75) is 35.1 Å². The van der Waals surface area contributed by atoms with Crippen LogP contribution in [0.1, 0.15) is 19.3 Å². The van der Waals surface area contributed by atoms with Gasteiger partial charge in [0.2, 0.25) is 5.91 Å². The monoisotopic (exact) mass is 292 g/mol. The highest BCUT2D eigenvalue weighted by molar-refractivity contribution is 8.00. The van der Waals surface area contributed by atoms with E-state index in [4.69, 9.17) is 5.73 Å². The number of nitrogens with two attached hydrogens (primary N) is 1. The summed E-state index contributed by atoms with van der Waals surface area (Å²) in [5.41, 5.74) is 6.44. The lowest BCUT2D eigenvalue weighted by Crippen LogP contribution is -2.52. The third-order valence-electron chi connectivity index (χ3n) is 3.89. The lowest BCUT2D eigenvalue weighted by atomic mass is 9.97. The van der Waals surface area contributed by atoms with E-state index in [2.05, 4.69) is 25.3 Å². The van der Waals surface area contributed by atoms with Crippen LogP contribution in [0.5, 0.6) is 0 Å². The largest absolute Gasteiger partial charge is 0.368 e. The quantitative estimate of drug-likeness (QED) is 0.705. The molecule has 2 atom stereocenters. The molecule has 1 aliphatic rings. The van der Waals surface area contributed by atoms with Gasteiger partial charge in [0.1, 0.15) is 16.9 Å². The number of carbonyl (C=O) groups is 1. The van der Waals surface area contributed by atoms with Crippen LogP contribution in [-0.4, -0.2) is 43.7 Å². The summed E-state index contributed by atoms with van der Waals surface area (Å²) in [4.78, 5) is 27.2. The Labute approximate surface area is 120 Å². The van der Waals surface area contributed by atoms with E-state index in [9.17, 15) is 4.79 Å². The summed E-state index contributed by atoms with van der Waals surface area (Å²) < 4.78 is 0. The van der Waals surface area contributed by atoms with Crippen molar-refractivity contribution < 1.29 is 4.79 Å². The number of amides is 1. The zero-order chi connectivity index (χ0) is 14.2. The van der Waals surface area contributed by atoms with Crippen molar-refractivity contribution in [3.05, 3.63) is 12.7 Å². The number of imidazole rings is 1. The van der Waals surface area contributed by atoms with Crippen LogP contribution in [0.4, 0.5) is 0 Å². The van der Waals surface area contributed by atoms with Gasteiger partial charge in [0.05, 0.1) is 11.9 Å². The maximum Gasteiger partial charge on any atom is 0.237 e. The second kappa shape index (κ2) is 5.02. The second-order valence-corrected chi connectivity index (χ2v) is 6.25. The van der Waals surface area contributed by atoms with E-state index in [1.807, 2.05) is 0 Å². The molecule has 4 N–H and O–H groups in total. The van der Waals surface area contributed by atoms with E-state index < -0.39 is 5.54 Å². The first-order valence-corrected chi connectivity index (χ1v) is 7.32. The highest BCUT2D eigenvalue weighted by Gasteiger charge is 2.43. The van der Waals surface area contributed by atoms with Crippen molar-refractivity contribution in [3.8, 4) is 0 Å². The Balaban J connectivity index is 1.80. The van der Waals surface area contributed by atoms with Crippen LogP contribution in [-0.2, 0) is 4.79 Å². The van der Waals surface area contributed by atoms with Crippen molar-refractivity contribution >= 4 is 28.8 Å². The number of hydrogen-bond acceptors (Lipinski definition) is 6. The molecule has 0 bridgehead atoms. The zero-order valence-electron chi connectivity index (χ0n) is 11.1. The van der Waals surface area contributed by atoms with Gasteiger partial charge in [-0.05, 0) is 26.3 Å². The summed E-state index contributed by atoms with van der Waals surface area (Å²) >= 11 is 1.65. The molecule has 1 aliphatic carbocycles. The van der Waals surface area contributed by atoms with E-state index in [1.54, 1.807) is 25.1 Å². The number of hydrogen-bond donors (Lipinski definition) is 3. The molecule has 3 rings (SSSR count). The molecule has 0 spiro atoms. The minimum absolute atomic E-state index is 0.280.